The molecule has 1 aromatic heterocycles. The minimum atomic E-state index is 0. The Labute approximate surface area is 178 Å². The summed E-state index contributed by atoms with van der Waals surface area (Å²) < 4.78 is 0. The molecule has 26 heavy (non-hydrogen) atoms. The van der Waals surface area contributed by atoms with Gasteiger partial charge in [-0.25, -0.2) is 4.98 Å². The lowest BCUT2D eigenvalue weighted by Gasteiger charge is -2.26. The highest BCUT2D eigenvalue weighted by Crippen LogP contribution is 2.17. The van der Waals surface area contributed by atoms with Crippen LogP contribution < -0.4 is 10.6 Å². The Morgan fingerprint density at radius 2 is 1.88 bits per heavy atom. The SMILES string of the molecule is CN=C(NCCc1nc(C)c(C)s1)NCC(c1ccccc1)N(C)C.I. The van der Waals surface area contributed by atoms with Crippen molar-refractivity contribution in [3.63, 3.8) is 0 Å². The molecule has 0 aliphatic carbocycles. The summed E-state index contributed by atoms with van der Waals surface area (Å²) in [5, 5.41) is 7.99. The van der Waals surface area contributed by atoms with Crippen molar-refractivity contribution >= 4 is 41.3 Å². The van der Waals surface area contributed by atoms with Crippen LogP contribution in [-0.4, -0.2) is 50.1 Å². The number of halogens is 1. The summed E-state index contributed by atoms with van der Waals surface area (Å²) in [5.74, 6) is 0.827. The highest BCUT2D eigenvalue weighted by atomic mass is 127. The maximum absolute atomic E-state index is 4.58. The molecule has 0 amide bonds. The number of aryl methyl sites for hydroxylation is 2. The monoisotopic (exact) mass is 487 g/mol. The fraction of sp³-hybridized carbons (Fsp3) is 0.474. The topological polar surface area (TPSA) is 52.6 Å². The Morgan fingerprint density at radius 3 is 2.42 bits per heavy atom. The summed E-state index contributed by atoms with van der Waals surface area (Å²) in [6.07, 6.45) is 0.913. The minimum Gasteiger partial charge on any atom is -0.356 e. The van der Waals surface area contributed by atoms with Crippen molar-refractivity contribution in [3.8, 4) is 0 Å². The summed E-state index contributed by atoms with van der Waals surface area (Å²) in [6, 6.07) is 10.8. The van der Waals surface area contributed by atoms with Crippen LogP contribution in [0.3, 0.4) is 0 Å². The van der Waals surface area contributed by atoms with Gasteiger partial charge >= 0.3 is 0 Å². The predicted molar refractivity (Wildman–Crippen MR) is 123 cm³/mol. The molecule has 2 aromatic rings. The second-order valence-corrected chi connectivity index (χ2v) is 7.56. The number of nitrogens with one attached hydrogen (secondary N) is 2. The van der Waals surface area contributed by atoms with Crippen molar-refractivity contribution in [1.29, 1.82) is 0 Å². The van der Waals surface area contributed by atoms with E-state index in [1.165, 1.54) is 15.4 Å². The first-order valence-corrected chi connectivity index (χ1v) is 9.41. The van der Waals surface area contributed by atoms with E-state index in [-0.39, 0.29) is 24.0 Å². The van der Waals surface area contributed by atoms with Gasteiger partial charge in [-0.2, -0.15) is 0 Å². The average Bonchev–Trinajstić information content (AvgIpc) is 2.92. The molecule has 1 aromatic carbocycles. The molecule has 144 valence electrons. The molecular formula is C19H30IN5S. The Morgan fingerprint density at radius 1 is 1.19 bits per heavy atom. The Kier molecular flexibility index (Phi) is 10.1. The van der Waals surface area contributed by atoms with Crippen molar-refractivity contribution < 1.29 is 0 Å². The lowest BCUT2D eigenvalue weighted by atomic mass is 10.1. The fourth-order valence-corrected chi connectivity index (χ4v) is 3.56. The molecule has 5 nitrogen and oxygen atoms in total. The van der Waals surface area contributed by atoms with Crippen molar-refractivity contribution in [2.45, 2.75) is 26.3 Å². The molecule has 2 N–H and O–H groups in total. The Bertz CT molecular complexity index is 665. The summed E-state index contributed by atoms with van der Waals surface area (Å²) in [4.78, 5) is 12.4. The van der Waals surface area contributed by atoms with E-state index in [2.05, 4.69) is 77.7 Å². The number of nitrogens with zero attached hydrogens (tertiary/aromatic N) is 3. The maximum Gasteiger partial charge on any atom is 0.191 e. The molecule has 2 rings (SSSR count). The van der Waals surface area contributed by atoms with Crippen LogP contribution in [0, 0.1) is 13.8 Å². The highest BCUT2D eigenvalue weighted by Gasteiger charge is 2.14. The molecule has 0 aliphatic rings. The first-order valence-electron chi connectivity index (χ1n) is 8.60. The van der Waals surface area contributed by atoms with Gasteiger partial charge in [-0.15, -0.1) is 35.3 Å². The Hall–Kier alpha value is -1.19. The lowest BCUT2D eigenvalue weighted by molar-refractivity contribution is 0.298. The number of hydrogen-bond acceptors (Lipinski definition) is 4. The van der Waals surface area contributed by atoms with Crippen LogP contribution in [0.2, 0.25) is 0 Å². The van der Waals surface area contributed by atoms with E-state index in [1.54, 1.807) is 18.4 Å². The van der Waals surface area contributed by atoms with Crippen molar-refractivity contribution in [1.82, 2.24) is 20.5 Å². The zero-order chi connectivity index (χ0) is 18.2. The van der Waals surface area contributed by atoms with Crippen LogP contribution in [0.1, 0.15) is 27.2 Å². The second kappa shape index (κ2) is 11.5. The van der Waals surface area contributed by atoms with Gasteiger partial charge in [-0.1, -0.05) is 30.3 Å². The van der Waals surface area contributed by atoms with Crippen LogP contribution >= 0.6 is 35.3 Å². The molecule has 1 atom stereocenters. The number of likely N-dealkylation sites (N-methyl/N-ethyl adjacent to an activating group) is 1. The summed E-state index contributed by atoms with van der Waals surface area (Å²) >= 11 is 1.78. The molecule has 1 unspecified atom stereocenters. The molecular weight excluding hydrogens is 457 g/mol. The number of benzene rings is 1. The third kappa shape index (κ3) is 6.85. The van der Waals surface area contributed by atoms with Gasteiger partial charge in [0.25, 0.3) is 0 Å². The Balaban J connectivity index is 0.00000338. The second-order valence-electron chi connectivity index (χ2n) is 6.27. The van der Waals surface area contributed by atoms with Gasteiger partial charge in [0, 0.05) is 31.4 Å². The van der Waals surface area contributed by atoms with Gasteiger partial charge in [-0.05, 0) is 33.5 Å². The third-order valence-electron chi connectivity index (χ3n) is 4.20. The minimum absolute atomic E-state index is 0. The number of aliphatic imine (C=N–C) groups is 1. The highest BCUT2D eigenvalue weighted by molar-refractivity contribution is 14.0. The van der Waals surface area contributed by atoms with Crippen molar-refractivity contribution in [2.24, 2.45) is 4.99 Å². The zero-order valence-electron chi connectivity index (χ0n) is 16.2. The summed E-state index contributed by atoms with van der Waals surface area (Å²) in [7, 11) is 6.01. The van der Waals surface area contributed by atoms with Crippen LogP contribution in [0.15, 0.2) is 35.3 Å². The largest absolute Gasteiger partial charge is 0.356 e. The smallest absolute Gasteiger partial charge is 0.191 e. The molecule has 0 aliphatic heterocycles. The van der Waals surface area contributed by atoms with E-state index < -0.39 is 0 Å². The molecule has 0 fully saturated rings. The van der Waals surface area contributed by atoms with E-state index in [4.69, 9.17) is 0 Å². The quantitative estimate of drug-likeness (QED) is 0.357. The van der Waals surface area contributed by atoms with E-state index in [0.717, 1.165) is 31.2 Å². The fourth-order valence-electron chi connectivity index (χ4n) is 2.62. The van der Waals surface area contributed by atoms with Gasteiger partial charge in [0.1, 0.15) is 0 Å². The number of rotatable bonds is 7. The molecule has 0 radical (unpaired) electrons. The molecule has 0 saturated heterocycles. The lowest BCUT2D eigenvalue weighted by Crippen LogP contribution is -2.42. The number of hydrogen-bond donors (Lipinski definition) is 2. The molecule has 0 bridgehead atoms. The first-order chi connectivity index (χ1) is 12.0. The van der Waals surface area contributed by atoms with E-state index in [1.807, 2.05) is 6.07 Å². The first kappa shape index (κ1) is 22.9. The number of guanidine groups is 1. The molecule has 1 heterocycles. The van der Waals surface area contributed by atoms with Crippen molar-refractivity contribution in [2.75, 3.05) is 34.2 Å². The predicted octanol–water partition coefficient (Wildman–Crippen LogP) is 3.39. The van der Waals surface area contributed by atoms with E-state index in [9.17, 15) is 0 Å². The molecule has 0 saturated carbocycles. The van der Waals surface area contributed by atoms with Crippen molar-refractivity contribution in [3.05, 3.63) is 51.5 Å². The van der Waals surface area contributed by atoms with Gasteiger partial charge in [0.2, 0.25) is 0 Å². The number of aromatic nitrogens is 1. The van der Waals surface area contributed by atoms with E-state index in [0.29, 0.717) is 6.04 Å². The third-order valence-corrected chi connectivity index (χ3v) is 5.33. The number of thiazole rings is 1. The molecule has 7 heteroatoms. The van der Waals surface area contributed by atoms with Gasteiger partial charge < -0.3 is 15.5 Å². The summed E-state index contributed by atoms with van der Waals surface area (Å²) in [6.45, 7) is 5.81. The van der Waals surface area contributed by atoms with Gasteiger partial charge in [0.15, 0.2) is 5.96 Å². The average molecular weight is 487 g/mol. The zero-order valence-corrected chi connectivity index (χ0v) is 19.4. The van der Waals surface area contributed by atoms with Gasteiger partial charge in [-0.3, -0.25) is 4.99 Å². The van der Waals surface area contributed by atoms with Gasteiger partial charge in [0.05, 0.1) is 16.7 Å². The van der Waals surface area contributed by atoms with Crippen LogP contribution in [0.4, 0.5) is 0 Å². The summed E-state index contributed by atoms with van der Waals surface area (Å²) in [5.41, 5.74) is 2.43. The van der Waals surface area contributed by atoms with Crippen LogP contribution in [0.25, 0.3) is 0 Å². The van der Waals surface area contributed by atoms with Crippen LogP contribution in [-0.2, 0) is 6.42 Å². The maximum atomic E-state index is 4.58. The standard InChI is InChI=1S/C19H29N5S.HI/c1-14-15(2)25-18(23-14)11-12-21-19(20-3)22-13-17(24(4)5)16-9-7-6-8-10-16;/h6-10,17H,11-13H2,1-5H3,(H2,20,21,22);1H. The van der Waals surface area contributed by atoms with E-state index >= 15 is 0 Å². The normalized spacial score (nSPS) is 12.6. The molecule has 0 spiro atoms. The van der Waals surface area contributed by atoms with Crippen LogP contribution in [0.5, 0.6) is 0 Å².